The molecule has 0 radical (unpaired) electrons. The summed E-state index contributed by atoms with van der Waals surface area (Å²) in [6, 6.07) is 17.4. The number of carbonyl (C=O) groups excluding carboxylic acids is 1. The summed E-state index contributed by atoms with van der Waals surface area (Å²) >= 11 is 5.96. The van der Waals surface area contributed by atoms with Gasteiger partial charge in [0.25, 0.3) is 0 Å². The molecule has 3 rings (SSSR count). The van der Waals surface area contributed by atoms with Gasteiger partial charge >= 0.3 is 11.8 Å². The van der Waals surface area contributed by atoms with Gasteiger partial charge in [-0.15, -0.1) is 10.2 Å². The van der Waals surface area contributed by atoms with E-state index in [-0.39, 0.29) is 17.7 Å². The molecule has 25 heavy (non-hydrogen) atoms. The van der Waals surface area contributed by atoms with E-state index in [2.05, 4.69) is 15.5 Å². The molecular formula is C19H18ClN3O2. The van der Waals surface area contributed by atoms with Gasteiger partial charge in [0.2, 0.25) is 5.89 Å². The number of nitrogens with zero attached hydrogens (tertiary/aromatic N) is 2. The summed E-state index contributed by atoms with van der Waals surface area (Å²) in [6.07, 6.45) is 0.432. The van der Waals surface area contributed by atoms with Crippen LogP contribution in [0.2, 0.25) is 5.02 Å². The fraction of sp³-hybridized carbons (Fsp3) is 0.211. The largest absolute Gasteiger partial charge is 0.417 e. The van der Waals surface area contributed by atoms with E-state index in [1.165, 1.54) is 0 Å². The number of nitrogens with one attached hydrogen (secondary N) is 1. The minimum Gasteiger partial charge on any atom is -0.417 e. The number of aromatic nitrogens is 2. The van der Waals surface area contributed by atoms with Crippen molar-refractivity contribution in [2.24, 2.45) is 0 Å². The van der Waals surface area contributed by atoms with Crippen molar-refractivity contribution in [1.29, 1.82) is 0 Å². The van der Waals surface area contributed by atoms with Gasteiger partial charge in [-0.1, -0.05) is 61.0 Å². The second kappa shape index (κ2) is 7.94. The molecule has 1 aromatic heterocycles. The van der Waals surface area contributed by atoms with E-state index in [1.807, 2.05) is 55.5 Å². The molecule has 128 valence electrons. The quantitative estimate of drug-likeness (QED) is 0.729. The number of hydrogen-bond acceptors (Lipinski definition) is 4. The van der Waals surface area contributed by atoms with Crippen LogP contribution in [0, 0.1) is 0 Å². The van der Waals surface area contributed by atoms with Crippen molar-refractivity contribution in [3.05, 3.63) is 82.5 Å². The lowest BCUT2D eigenvalue weighted by Crippen LogP contribution is -2.27. The van der Waals surface area contributed by atoms with Gasteiger partial charge < -0.3 is 9.73 Å². The lowest BCUT2D eigenvalue weighted by molar-refractivity contribution is 0.0915. The Morgan fingerprint density at radius 3 is 2.72 bits per heavy atom. The number of halogens is 1. The molecule has 5 nitrogen and oxygen atoms in total. The SMILES string of the molecule is C[C@@H](CNC(=O)c1nnc(Cc2cccc(Cl)c2)o1)c1ccccc1. The smallest absolute Gasteiger partial charge is 0.308 e. The van der Waals surface area contributed by atoms with Crippen molar-refractivity contribution in [1.82, 2.24) is 15.5 Å². The molecule has 0 aliphatic carbocycles. The van der Waals surface area contributed by atoms with Crippen LogP contribution >= 0.6 is 11.6 Å². The summed E-state index contributed by atoms with van der Waals surface area (Å²) in [7, 11) is 0. The highest BCUT2D eigenvalue weighted by Crippen LogP contribution is 2.15. The molecule has 0 saturated carbocycles. The molecule has 0 bridgehead atoms. The van der Waals surface area contributed by atoms with Crippen molar-refractivity contribution in [3.8, 4) is 0 Å². The third-order valence-electron chi connectivity index (χ3n) is 3.84. The standard InChI is InChI=1S/C19H18ClN3O2/c1-13(15-7-3-2-4-8-15)12-21-18(24)19-23-22-17(25-19)11-14-6-5-9-16(20)10-14/h2-10,13H,11-12H2,1H3,(H,21,24)/t13-/m0/s1. The van der Waals surface area contributed by atoms with Gasteiger partial charge in [0, 0.05) is 11.6 Å². The van der Waals surface area contributed by atoms with Crippen LogP contribution in [0.5, 0.6) is 0 Å². The maximum Gasteiger partial charge on any atom is 0.308 e. The van der Waals surface area contributed by atoms with E-state index in [1.54, 1.807) is 6.07 Å². The van der Waals surface area contributed by atoms with Gasteiger partial charge in [-0.05, 0) is 29.2 Å². The van der Waals surface area contributed by atoms with Gasteiger partial charge in [-0.3, -0.25) is 4.79 Å². The summed E-state index contributed by atoms with van der Waals surface area (Å²) in [4.78, 5) is 12.2. The minimum absolute atomic E-state index is 0.0303. The fourth-order valence-corrected chi connectivity index (χ4v) is 2.67. The van der Waals surface area contributed by atoms with Gasteiger partial charge in [0.15, 0.2) is 0 Å². The van der Waals surface area contributed by atoms with Crippen molar-refractivity contribution in [2.45, 2.75) is 19.3 Å². The number of rotatable bonds is 6. The molecule has 0 spiro atoms. The van der Waals surface area contributed by atoms with Crippen LogP contribution in [-0.4, -0.2) is 22.6 Å². The Hall–Kier alpha value is -2.66. The highest BCUT2D eigenvalue weighted by atomic mass is 35.5. The molecule has 0 aliphatic heterocycles. The van der Waals surface area contributed by atoms with E-state index in [4.69, 9.17) is 16.0 Å². The van der Waals surface area contributed by atoms with E-state index < -0.39 is 0 Å². The highest BCUT2D eigenvalue weighted by Gasteiger charge is 2.16. The Morgan fingerprint density at radius 2 is 1.96 bits per heavy atom. The lowest BCUT2D eigenvalue weighted by Gasteiger charge is -2.11. The predicted molar refractivity (Wildman–Crippen MR) is 95.7 cm³/mol. The summed E-state index contributed by atoms with van der Waals surface area (Å²) in [5, 5.41) is 11.2. The topological polar surface area (TPSA) is 68.0 Å². The molecule has 2 aromatic carbocycles. The zero-order chi connectivity index (χ0) is 17.6. The Bertz CT molecular complexity index is 849. The monoisotopic (exact) mass is 355 g/mol. The molecule has 1 amide bonds. The third-order valence-corrected chi connectivity index (χ3v) is 4.08. The summed E-state index contributed by atoms with van der Waals surface area (Å²) < 4.78 is 5.45. The zero-order valence-corrected chi connectivity index (χ0v) is 14.5. The van der Waals surface area contributed by atoms with Crippen LogP contribution in [0.15, 0.2) is 59.0 Å². The Balaban J connectivity index is 1.57. The second-order valence-electron chi connectivity index (χ2n) is 5.83. The molecule has 6 heteroatoms. The van der Waals surface area contributed by atoms with Gasteiger partial charge in [-0.25, -0.2) is 0 Å². The molecule has 1 heterocycles. The van der Waals surface area contributed by atoms with Gasteiger partial charge in [0.1, 0.15) is 0 Å². The molecule has 0 fully saturated rings. The van der Waals surface area contributed by atoms with Crippen molar-refractivity contribution >= 4 is 17.5 Å². The fourth-order valence-electron chi connectivity index (χ4n) is 2.46. The summed E-state index contributed by atoms with van der Waals surface area (Å²) in [5.74, 6) is 0.174. The number of hydrogen-bond donors (Lipinski definition) is 1. The number of amides is 1. The normalized spacial score (nSPS) is 11.9. The first-order valence-electron chi connectivity index (χ1n) is 8.02. The molecule has 0 unspecified atom stereocenters. The van der Waals surface area contributed by atoms with Crippen molar-refractivity contribution in [3.63, 3.8) is 0 Å². The number of benzene rings is 2. The minimum atomic E-state index is -0.368. The first-order valence-corrected chi connectivity index (χ1v) is 8.39. The third kappa shape index (κ3) is 4.67. The Morgan fingerprint density at radius 1 is 1.16 bits per heavy atom. The lowest BCUT2D eigenvalue weighted by atomic mass is 10.0. The Labute approximate surface area is 151 Å². The first-order chi connectivity index (χ1) is 12.1. The maximum atomic E-state index is 12.2. The van der Waals surface area contributed by atoms with Crippen LogP contribution in [-0.2, 0) is 6.42 Å². The molecule has 0 saturated heterocycles. The summed E-state index contributed by atoms with van der Waals surface area (Å²) in [5.41, 5.74) is 2.11. The average molecular weight is 356 g/mol. The van der Waals surface area contributed by atoms with Crippen molar-refractivity contribution in [2.75, 3.05) is 6.54 Å². The molecule has 1 atom stereocenters. The predicted octanol–water partition coefficient (Wildman–Crippen LogP) is 3.85. The van der Waals surface area contributed by atoms with E-state index in [9.17, 15) is 4.79 Å². The molecule has 0 aliphatic rings. The summed E-state index contributed by atoms with van der Waals surface area (Å²) in [6.45, 7) is 2.54. The molecular weight excluding hydrogens is 338 g/mol. The highest BCUT2D eigenvalue weighted by molar-refractivity contribution is 6.30. The second-order valence-corrected chi connectivity index (χ2v) is 6.27. The van der Waals surface area contributed by atoms with Gasteiger partial charge in [0.05, 0.1) is 6.42 Å². The van der Waals surface area contributed by atoms with Crippen LogP contribution in [0.25, 0.3) is 0 Å². The van der Waals surface area contributed by atoms with Crippen molar-refractivity contribution < 1.29 is 9.21 Å². The first kappa shape index (κ1) is 17.2. The zero-order valence-electron chi connectivity index (χ0n) is 13.8. The Kier molecular flexibility index (Phi) is 5.46. The van der Waals surface area contributed by atoms with Gasteiger partial charge in [-0.2, -0.15) is 0 Å². The molecule has 1 N–H and O–H groups in total. The number of carbonyl (C=O) groups is 1. The maximum absolute atomic E-state index is 12.2. The van der Waals surface area contributed by atoms with Crippen LogP contribution in [0.1, 0.15) is 40.5 Å². The van der Waals surface area contributed by atoms with E-state index in [0.29, 0.717) is 23.9 Å². The molecule has 3 aromatic rings. The van der Waals surface area contributed by atoms with Crippen LogP contribution in [0.4, 0.5) is 0 Å². The van der Waals surface area contributed by atoms with E-state index in [0.717, 1.165) is 11.1 Å². The van der Waals surface area contributed by atoms with Crippen LogP contribution < -0.4 is 5.32 Å². The van der Waals surface area contributed by atoms with E-state index >= 15 is 0 Å². The van der Waals surface area contributed by atoms with Crippen LogP contribution in [0.3, 0.4) is 0 Å². The average Bonchev–Trinajstić information content (AvgIpc) is 3.08.